The first-order valence-corrected chi connectivity index (χ1v) is 11.4. The van der Waals surface area contributed by atoms with Crippen LogP contribution in [0, 0.1) is 0 Å². The lowest BCUT2D eigenvalue weighted by atomic mass is 10.1. The second-order valence-electron chi connectivity index (χ2n) is 6.71. The molecule has 0 saturated carbocycles. The lowest BCUT2D eigenvalue weighted by molar-refractivity contribution is 0.0350. The minimum Gasteiger partial charge on any atom is -0.496 e. The number of carbonyl (C=O) groups excluding carboxylic acids is 1. The molecule has 0 spiro atoms. The van der Waals surface area contributed by atoms with Gasteiger partial charge in [0, 0.05) is 25.8 Å². The van der Waals surface area contributed by atoms with E-state index in [0.717, 1.165) is 12.8 Å². The molecule has 7 nitrogen and oxygen atoms in total. The van der Waals surface area contributed by atoms with E-state index in [4.69, 9.17) is 9.47 Å². The van der Waals surface area contributed by atoms with Gasteiger partial charge in [-0.25, -0.2) is 8.42 Å². The summed E-state index contributed by atoms with van der Waals surface area (Å²) in [4.78, 5) is 14.6. The standard InChI is InChI=1S/C20H23BrN2O5S/c1-27-16-8-10-23(11-9-16)20(24)14-4-3-5-17(12-14)29(25,26)22-15-6-7-19(28-2)18(21)13-15/h3-7,12-13,16,22H,8-11H2,1-2H3. The Morgan fingerprint density at radius 2 is 1.86 bits per heavy atom. The number of piperidine rings is 1. The van der Waals surface area contributed by atoms with Crippen molar-refractivity contribution < 1.29 is 22.7 Å². The number of halogens is 1. The topological polar surface area (TPSA) is 84.9 Å². The van der Waals surface area contributed by atoms with E-state index in [1.807, 2.05) is 0 Å². The van der Waals surface area contributed by atoms with Crippen LogP contribution >= 0.6 is 15.9 Å². The number of rotatable bonds is 6. The number of benzene rings is 2. The molecular weight excluding hydrogens is 460 g/mol. The number of methoxy groups -OCH3 is 2. The van der Waals surface area contributed by atoms with Crippen molar-refractivity contribution in [1.29, 1.82) is 0 Å². The highest BCUT2D eigenvalue weighted by molar-refractivity contribution is 9.10. The smallest absolute Gasteiger partial charge is 0.261 e. The van der Waals surface area contributed by atoms with Gasteiger partial charge < -0.3 is 14.4 Å². The molecule has 0 atom stereocenters. The zero-order chi connectivity index (χ0) is 21.0. The molecule has 0 bridgehead atoms. The van der Waals surface area contributed by atoms with Crippen LogP contribution in [0.4, 0.5) is 5.69 Å². The predicted molar refractivity (Wildman–Crippen MR) is 114 cm³/mol. The largest absolute Gasteiger partial charge is 0.496 e. The number of hydrogen-bond donors (Lipinski definition) is 1. The van der Waals surface area contributed by atoms with Gasteiger partial charge in [-0.2, -0.15) is 0 Å². The van der Waals surface area contributed by atoms with Gasteiger partial charge in [0.15, 0.2) is 0 Å². The van der Waals surface area contributed by atoms with E-state index in [-0.39, 0.29) is 16.9 Å². The van der Waals surface area contributed by atoms with Crippen molar-refractivity contribution in [1.82, 2.24) is 4.90 Å². The van der Waals surface area contributed by atoms with Gasteiger partial charge in [-0.15, -0.1) is 0 Å². The maximum absolute atomic E-state index is 12.8. The maximum Gasteiger partial charge on any atom is 0.261 e. The van der Waals surface area contributed by atoms with Gasteiger partial charge in [0.2, 0.25) is 0 Å². The Morgan fingerprint density at radius 3 is 2.48 bits per heavy atom. The van der Waals surface area contributed by atoms with Crippen LogP contribution in [0.5, 0.6) is 5.75 Å². The molecule has 0 radical (unpaired) electrons. The summed E-state index contributed by atoms with van der Waals surface area (Å²) in [6.45, 7) is 1.18. The number of ether oxygens (including phenoxy) is 2. The molecule has 9 heteroatoms. The van der Waals surface area contributed by atoms with Crippen LogP contribution in [0.15, 0.2) is 51.8 Å². The number of nitrogens with one attached hydrogen (secondary N) is 1. The van der Waals surface area contributed by atoms with Crippen LogP contribution in [0.25, 0.3) is 0 Å². The third-order valence-electron chi connectivity index (χ3n) is 4.86. The Bertz CT molecular complexity index is 988. The molecule has 2 aromatic rings. The summed E-state index contributed by atoms with van der Waals surface area (Å²) in [7, 11) is -0.648. The van der Waals surface area contributed by atoms with Crippen LogP contribution in [0.3, 0.4) is 0 Å². The van der Waals surface area contributed by atoms with Crippen LogP contribution < -0.4 is 9.46 Å². The third kappa shape index (κ3) is 5.09. The molecule has 0 aromatic heterocycles. The molecule has 2 aromatic carbocycles. The fourth-order valence-electron chi connectivity index (χ4n) is 3.22. The second-order valence-corrected chi connectivity index (χ2v) is 9.25. The minimum atomic E-state index is -3.85. The number of anilines is 1. The van der Waals surface area contributed by atoms with Gasteiger partial charge in [-0.3, -0.25) is 9.52 Å². The van der Waals surface area contributed by atoms with Crippen LogP contribution in [-0.2, 0) is 14.8 Å². The molecular formula is C20H23BrN2O5S. The average molecular weight is 483 g/mol. The van der Waals surface area contributed by atoms with Gasteiger partial charge in [0.05, 0.1) is 28.3 Å². The highest BCUT2D eigenvalue weighted by atomic mass is 79.9. The predicted octanol–water partition coefficient (Wildman–Crippen LogP) is 3.51. The van der Waals surface area contributed by atoms with E-state index < -0.39 is 10.0 Å². The number of hydrogen-bond acceptors (Lipinski definition) is 5. The van der Waals surface area contributed by atoms with Gasteiger partial charge in [-0.05, 0) is 65.2 Å². The fraction of sp³-hybridized carbons (Fsp3) is 0.350. The quantitative estimate of drug-likeness (QED) is 0.680. The number of amides is 1. The van der Waals surface area contributed by atoms with Gasteiger partial charge in [-0.1, -0.05) is 6.07 Å². The van der Waals surface area contributed by atoms with Crippen molar-refractivity contribution in [2.24, 2.45) is 0 Å². The lowest BCUT2D eigenvalue weighted by Gasteiger charge is -2.31. The highest BCUT2D eigenvalue weighted by Crippen LogP contribution is 2.29. The third-order valence-corrected chi connectivity index (χ3v) is 6.86. The van der Waals surface area contributed by atoms with E-state index in [0.29, 0.717) is 34.6 Å². The van der Waals surface area contributed by atoms with E-state index in [1.165, 1.54) is 19.2 Å². The monoisotopic (exact) mass is 482 g/mol. The van der Waals surface area contributed by atoms with Crippen LogP contribution in [0.1, 0.15) is 23.2 Å². The van der Waals surface area contributed by atoms with Crippen molar-refractivity contribution in [2.45, 2.75) is 23.8 Å². The molecule has 3 rings (SSSR count). The van der Waals surface area contributed by atoms with E-state index in [1.54, 1.807) is 42.3 Å². The summed E-state index contributed by atoms with van der Waals surface area (Å²) in [6, 6.07) is 11.0. The highest BCUT2D eigenvalue weighted by Gasteiger charge is 2.24. The van der Waals surface area contributed by atoms with Crippen LogP contribution in [-0.4, -0.2) is 52.6 Å². The van der Waals surface area contributed by atoms with Crippen molar-refractivity contribution in [3.05, 3.63) is 52.5 Å². The Kier molecular flexibility index (Phi) is 6.81. The molecule has 156 valence electrons. The first-order valence-electron chi connectivity index (χ1n) is 9.12. The molecule has 1 fully saturated rings. The van der Waals surface area contributed by atoms with Gasteiger partial charge in [0.25, 0.3) is 15.9 Å². The van der Waals surface area contributed by atoms with E-state index >= 15 is 0 Å². The lowest BCUT2D eigenvalue weighted by Crippen LogP contribution is -2.40. The first kappa shape index (κ1) is 21.6. The Hall–Kier alpha value is -2.10. The summed E-state index contributed by atoms with van der Waals surface area (Å²) >= 11 is 3.34. The molecule has 1 aliphatic heterocycles. The average Bonchev–Trinajstić information content (AvgIpc) is 2.73. The second kappa shape index (κ2) is 9.15. The van der Waals surface area contributed by atoms with Crippen molar-refractivity contribution >= 4 is 37.5 Å². The zero-order valence-electron chi connectivity index (χ0n) is 16.2. The molecule has 1 saturated heterocycles. The molecule has 0 unspecified atom stereocenters. The summed E-state index contributed by atoms with van der Waals surface area (Å²) < 4.78 is 39.2. The number of likely N-dealkylation sites (tertiary alicyclic amines) is 1. The molecule has 0 aliphatic carbocycles. The maximum atomic E-state index is 12.8. The number of sulfonamides is 1. The first-order chi connectivity index (χ1) is 13.8. The molecule has 1 aliphatic rings. The molecule has 1 N–H and O–H groups in total. The zero-order valence-corrected chi connectivity index (χ0v) is 18.6. The number of nitrogens with zero attached hydrogens (tertiary/aromatic N) is 1. The summed E-state index contributed by atoms with van der Waals surface area (Å²) in [6.07, 6.45) is 1.71. The Morgan fingerprint density at radius 1 is 1.14 bits per heavy atom. The minimum absolute atomic E-state index is 0.0297. The van der Waals surface area contributed by atoms with Crippen molar-refractivity contribution in [2.75, 3.05) is 32.0 Å². The SMILES string of the molecule is COc1ccc(NS(=O)(=O)c2cccc(C(=O)N3CCC(OC)CC3)c2)cc1Br. The molecule has 1 amide bonds. The van der Waals surface area contributed by atoms with Crippen molar-refractivity contribution in [3.8, 4) is 5.75 Å². The Labute approximate surface area is 179 Å². The summed E-state index contributed by atoms with van der Waals surface area (Å²) in [5, 5.41) is 0. The summed E-state index contributed by atoms with van der Waals surface area (Å²) in [5.41, 5.74) is 0.732. The number of carbonyl (C=O) groups is 1. The Balaban J connectivity index is 1.77. The molecule has 1 heterocycles. The summed E-state index contributed by atoms with van der Waals surface area (Å²) in [5.74, 6) is 0.418. The van der Waals surface area contributed by atoms with E-state index in [2.05, 4.69) is 20.7 Å². The fourth-order valence-corrected chi connectivity index (χ4v) is 4.85. The normalized spacial score (nSPS) is 15.2. The molecule has 29 heavy (non-hydrogen) atoms. The van der Waals surface area contributed by atoms with Crippen molar-refractivity contribution in [3.63, 3.8) is 0 Å². The van der Waals surface area contributed by atoms with Gasteiger partial charge >= 0.3 is 0 Å². The van der Waals surface area contributed by atoms with E-state index in [9.17, 15) is 13.2 Å². The van der Waals surface area contributed by atoms with Crippen LogP contribution in [0.2, 0.25) is 0 Å². The van der Waals surface area contributed by atoms with Gasteiger partial charge in [0.1, 0.15) is 5.75 Å².